The lowest BCUT2D eigenvalue weighted by atomic mass is 10.2. The van der Waals surface area contributed by atoms with Crippen LogP contribution in [0.4, 0.5) is 5.95 Å². The minimum Gasteiger partial charge on any atom is -0.479 e. The third-order valence-electron chi connectivity index (χ3n) is 3.12. The van der Waals surface area contributed by atoms with Crippen molar-refractivity contribution in [2.24, 2.45) is 0 Å². The van der Waals surface area contributed by atoms with Gasteiger partial charge in [-0.1, -0.05) is 0 Å². The Balaban J connectivity index is 2.11. The maximum atomic E-state index is 5.81. The molecule has 96 valence electrons. The Bertz CT molecular complexity index is 582. The van der Waals surface area contributed by atoms with Crippen molar-refractivity contribution < 1.29 is 9.47 Å². The van der Waals surface area contributed by atoms with Gasteiger partial charge in [-0.05, 0) is 19.8 Å². The second kappa shape index (κ2) is 4.09. The standard InChI is InChI=1S/C11H15N5O2/c1-6-3-4-7(18-6)16-5-13-8-9(16)14-11(12)15-10(8)17-2/h5-7H,3-4H2,1-2H3,(H2,12,14,15). The molecule has 7 heteroatoms. The SMILES string of the molecule is COc1nc(N)nc2c1ncn2C1CCC(C)O1. The van der Waals surface area contributed by atoms with Gasteiger partial charge in [-0.2, -0.15) is 9.97 Å². The lowest BCUT2D eigenvalue weighted by Gasteiger charge is -2.13. The van der Waals surface area contributed by atoms with Gasteiger partial charge in [0.15, 0.2) is 11.2 Å². The van der Waals surface area contributed by atoms with Crippen molar-refractivity contribution in [3.8, 4) is 5.88 Å². The molecule has 2 atom stereocenters. The lowest BCUT2D eigenvalue weighted by Crippen LogP contribution is -2.09. The molecule has 7 nitrogen and oxygen atoms in total. The number of methoxy groups -OCH3 is 1. The molecule has 2 N–H and O–H groups in total. The second-order valence-corrected chi connectivity index (χ2v) is 4.39. The maximum absolute atomic E-state index is 5.81. The van der Waals surface area contributed by atoms with Gasteiger partial charge < -0.3 is 15.2 Å². The number of fused-ring (bicyclic) bond motifs is 1. The Morgan fingerprint density at radius 1 is 1.44 bits per heavy atom. The number of hydrogen-bond acceptors (Lipinski definition) is 6. The second-order valence-electron chi connectivity index (χ2n) is 4.39. The fourth-order valence-electron chi connectivity index (χ4n) is 2.25. The molecule has 0 aromatic carbocycles. The molecule has 2 aromatic rings. The number of imidazole rings is 1. The van der Waals surface area contributed by atoms with Gasteiger partial charge in [-0.15, -0.1) is 0 Å². The minimum absolute atomic E-state index is 0.0380. The van der Waals surface area contributed by atoms with E-state index in [1.807, 2.05) is 4.57 Å². The highest BCUT2D eigenvalue weighted by Gasteiger charge is 2.26. The highest BCUT2D eigenvalue weighted by Crippen LogP contribution is 2.31. The number of ether oxygens (including phenoxy) is 2. The van der Waals surface area contributed by atoms with Crippen molar-refractivity contribution >= 4 is 17.1 Å². The molecule has 0 amide bonds. The lowest BCUT2D eigenvalue weighted by molar-refractivity contribution is 0.0132. The summed E-state index contributed by atoms with van der Waals surface area (Å²) >= 11 is 0. The van der Waals surface area contributed by atoms with Crippen LogP contribution in [0.3, 0.4) is 0 Å². The summed E-state index contributed by atoms with van der Waals surface area (Å²) in [6.45, 7) is 2.06. The number of anilines is 1. The van der Waals surface area contributed by atoms with E-state index in [2.05, 4.69) is 21.9 Å². The van der Waals surface area contributed by atoms with Crippen LogP contribution >= 0.6 is 0 Å². The molecule has 0 saturated carbocycles. The molecule has 3 heterocycles. The Kier molecular flexibility index (Phi) is 2.55. The van der Waals surface area contributed by atoms with Gasteiger partial charge >= 0.3 is 0 Å². The molecule has 0 radical (unpaired) electrons. The number of aromatic nitrogens is 4. The first-order valence-electron chi connectivity index (χ1n) is 5.88. The van der Waals surface area contributed by atoms with E-state index in [0.717, 1.165) is 12.8 Å². The van der Waals surface area contributed by atoms with E-state index in [0.29, 0.717) is 17.0 Å². The summed E-state index contributed by atoms with van der Waals surface area (Å²) in [6, 6.07) is 0. The third-order valence-corrected chi connectivity index (χ3v) is 3.12. The number of rotatable bonds is 2. The molecular weight excluding hydrogens is 234 g/mol. The number of nitrogens with two attached hydrogens (primary N) is 1. The van der Waals surface area contributed by atoms with Gasteiger partial charge in [-0.25, -0.2) is 4.98 Å². The van der Waals surface area contributed by atoms with Crippen LogP contribution in [0.2, 0.25) is 0 Å². The zero-order valence-electron chi connectivity index (χ0n) is 10.3. The quantitative estimate of drug-likeness (QED) is 0.857. The summed E-state index contributed by atoms with van der Waals surface area (Å²) in [5, 5.41) is 0. The normalized spacial score (nSPS) is 23.7. The molecule has 0 aliphatic carbocycles. The minimum atomic E-state index is -0.0380. The van der Waals surface area contributed by atoms with E-state index >= 15 is 0 Å². The summed E-state index contributed by atoms with van der Waals surface area (Å²) in [5.41, 5.74) is 6.93. The Morgan fingerprint density at radius 2 is 2.28 bits per heavy atom. The topological polar surface area (TPSA) is 88.1 Å². The molecule has 1 aliphatic rings. The van der Waals surface area contributed by atoms with Crippen molar-refractivity contribution in [2.45, 2.75) is 32.1 Å². The van der Waals surface area contributed by atoms with Crippen molar-refractivity contribution in [3.63, 3.8) is 0 Å². The molecule has 0 spiro atoms. The molecular formula is C11H15N5O2. The first-order chi connectivity index (χ1) is 8.69. The molecule has 2 unspecified atom stereocenters. The van der Waals surface area contributed by atoms with Crippen LogP contribution in [0.15, 0.2) is 6.33 Å². The van der Waals surface area contributed by atoms with Gasteiger partial charge in [0.2, 0.25) is 11.8 Å². The largest absolute Gasteiger partial charge is 0.479 e. The molecule has 2 aromatic heterocycles. The summed E-state index contributed by atoms with van der Waals surface area (Å²) in [4.78, 5) is 12.5. The fourth-order valence-corrected chi connectivity index (χ4v) is 2.25. The molecule has 0 bridgehead atoms. The Hall–Kier alpha value is -1.89. The van der Waals surface area contributed by atoms with Gasteiger partial charge in [-0.3, -0.25) is 4.57 Å². The summed E-state index contributed by atoms with van der Waals surface area (Å²) in [6.07, 6.45) is 3.89. The molecule has 1 saturated heterocycles. The zero-order chi connectivity index (χ0) is 12.7. The summed E-state index contributed by atoms with van der Waals surface area (Å²) in [5.74, 6) is 0.564. The predicted octanol–water partition coefficient (Wildman–Crippen LogP) is 1.11. The Morgan fingerprint density at radius 3 is 2.94 bits per heavy atom. The highest BCUT2D eigenvalue weighted by atomic mass is 16.5. The maximum Gasteiger partial charge on any atom is 0.246 e. The first-order valence-corrected chi connectivity index (χ1v) is 5.88. The molecule has 18 heavy (non-hydrogen) atoms. The molecule has 1 aliphatic heterocycles. The smallest absolute Gasteiger partial charge is 0.246 e. The summed E-state index contributed by atoms with van der Waals surface area (Å²) < 4.78 is 12.9. The van der Waals surface area contributed by atoms with Crippen molar-refractivity contribution in [3.05, 3.63) is 6.33 Å². The average molecular weight is 249 g/mol. The fraction of sp³-hybridized carbons (Fsp3) is 0.545. The summed E-state index contributed by atoms with van der Waals surface area (Å²) in [7, 11) is 1.54. The van der Waals surface area contributed by atoms with Crippen LogP contribution in [0, 0.1) is 0 Å². The molecule has 1 fully saturated rings. The zero-order valence-corrected chi connectivity index (χ0v) is 10.3. The van der Waals surface area contributed by atoms with Gasteiger partial charge in [0.25, 0.3) is 0 Å². The van der Waals surface area contributed by atoms with Crippen molar-refractivity contribution in [2.75, 3.05) is 12.8 Å². The number of nitrogen functional groups attached to an aromatic ring is 1. The van der Waals surface area contributed by atoms with Crippen LogP contribution in [0.1, 0.15) is 26.0 Å². The third kappa shape index (κ3) is 1.67. The Labute approximate surface area is 104 Å². The van der Waals surface area contributed by atoms with E-state index in [1.165, 1.54) is 7.11 Å². The first kappa shape index (κ1) is 11.2. The van der Waals surface area contributed by atoms with Crippen LogP contribution in [0.5, 0.6) is 5.88 Å². The van der Waals surface area contributed by atoms with Crippen LogP contribution in [0.25, 0.3) is 11.2 Å². The van der Waals surface area contributed by atoms with E-state index < -0.39 is 0 Å². The van der Waals surface area contributed by atoms with Crippen LogP contribution in [-0.4, -0.2) is 32.7 Å². The van der Waals surface area contributed by atoms with E-state index in [-0.39, 0.29) is 18.3 Å². The van der Waals surface area contributed by atoms with Crippen LogP contribution in [-0.2, 0) is 4.74 Å². The van der Waals surface area contributed by atoms with E-state index in [4.69, 9.17) is 15.2 Å². The predicted molar refractivity (Wildman–Crippen MR) is 65.1 cm³/mol. The number of nitrogens with zero attached hydrogens (tertiary/aromatic N) is 4. The number of hydrogen-bond donors (Lipinski definition) is 1. The van der Waals surface area contributed by atoms with Gasteiger partial charge in [0.05, 0.1) is 19.5 Å². The monoisotopic (exact) mass is 249 g/mol. The average Bonchev–Trinajstić information content (AvgIpc) is 2.93. The van der Waals surface area contributed by atoms with Gasteiger partial charge in [0.1, 0.15) is 6.23 Å². The van der Waals surface area contributed by atoms with E-state index in [1.54, 1.807) is 6.33 Å². The highest BCUT2D eigenvalue weighted by molar-refractivity contribution is 5.77. The van der Waals surface area contributed by atoms with Crippen molar-refractivity contribution in [1.82, 2.24) is 19.5 Å². The van der Waals surface area contributed by atoms with Gasteiger partial charge in [0, 0.05) is 0 Å². The van der Waals surface area contributed by atoms with Crippen molar-refractivity contribution in [1.29, 1.82) is 0 Å². The van der Waals surface area contributed by atoms with Crippen LogP contribution < -0.4 is 10.5 Å². The molecule has 3 rings (SSSR count). The van der Waals surface area contributed by atoms with E-state index in [9.17, 15) is 0 Å².